The number of carbonyl (C=O) groups excluding carboxylic acids is 2. The average Bonchev–Trinajstić information content (AvgIpc) is 2.37. The minimum Gasteiger partial charge on any atom is -0.464 e. The Morgan fingerprint density at radius 1 is 1.53 bits per heavy atom. The van der Waals surface area contributed by atoms with Crippen molar-refractivity contribution < 1.29 is 14.3 Å². The number of ether oxygens (including phenoxy) is 1. The minimum atomic E-state index is -0.928. The van der Waals surface area contributed by atoms with Gasteiger partial charge in [-0.2, -0.15) is 0 Å². The Morgan fingerprint density at radius 2 is 2.12 bits per heavy atom. The number of hydrogen-bond acceptors (Lipinski definition) is 3. The number of amides is 1. The van der Waals surface area contributed by atoms with Gasteiger partial charge >= 0.3 is 5.97 Å². The predicted molar refractivity (Wildman–Crippen MR) is 65.3 cm³/mol. The number of carbonyl (C=O) groups is 2. The van der Waals surface area contributed by atoms with Crippen LogP contribution in [0.3, 0.4) is 0 Å². The molecular weight excluding hydrogens is 218 g/mol. The number of hydrogen-bond donors (Lipinski definition) is 1. The van der Waals surface area contributed by atoms with Gasteiger partial charge in [0.15, 0.2) is 0 Å². The zero-order valence-electron chi connectivity index (χ0n) is 11.1. The molecule has 4 nitrogen and oxygen atoms in total. The molecule has 0 aliphatic carbocycles. The first-order valence-electron chi connectivity index (χ1n) is 5.88. The molecular formula is C13H21NO3. The van der Waals surface area contributed by atoms with Crippen molar-refractivity contribution in [2.24, 2.45) is 5.41 Å². The molecule has 17 heavy (non-hydrogen) atoms. The average molecular weight is 239 g/mol. The molecule has 4 heteroatoms. The first-order chi connectivity index (χ1) is 7.73. The molecule has 1 saturated heterocycles. The second kappa shape index (κ2) is 4.51. The monoisotopic (exact) mass is 239 g/mol. The molecule has 1 aliphatic heterocycles. The molecule has 1 N–H and O–H groups in total. The molecule has 1 fully saturated rings. The molecule has 0 radical (unpaired) electrons. The lowest BCUT2D eigenvalue weighted by Gasteiger charge is -2.27. The Morgan fingerprint density at radius 3 is 2.47 bits per heavy atom. The van der Waals surface area contributed by atoms with Gasteiger partial charge in [-0.15, -0.1) is 6.58 Å². The summed E-state index contributed by atoms with van der Waals surface area (Å²) >= 11 is 0. The van der Waals surface area contributed by atoms with E-state index >= 15 is 0 Å². The highest BCUT2D eigenvalue weighted by Crippen LogP contribution is 2.39. The second-order valence-corrected chi connectivity index (χ2v) is 5.45. The highest BCUT2D eigenvalue weighted by atomic mass is 16.5. The third-order valence-electron chi connectivity index (χ3n) is 2.98. The lowest BCUT2D eigenvalue weighted by molar-refractivity contribution is -0.151. The Balaban J connectivity index is 3.01. The molecule has 0 aromatic rings. The van der Waals surface area contributed by atoms with Crippen LogP contribution in [0.4, 0.5) is 0 Å². The van der Waals surface area contributed by atoms with Crippen LogP contribution in [0.5, 0.6) is 0 Å². The Bertz CT molecular complexity index is 360. The van der Waals surface area contributed by atoms with Crippen LogP contribution in [0.2, 0.25) is 0 Å². The molecule has 0 spiro atoms. The number of esters is 1. The van der Waals surface area contributed by atoms with Crippen LogP contribution >= 0.6 is 0 Å². The lowest BCUT2D eigenvalue weighted by atomic mass is 9.80. The van der Waals surface area contributed by atoms with Gasteiger partial charge < -0.3 is 10.1 Å². The fraction of sp³-hybridized carbons (Fsp3) is 0.692. The Labute approximate surface area is 102 Å². The molecule has 1 unspecified atom stereocenters. The summed E-state index contributed by atoms with van der Waals surface area (Å²) in [5.74, 6) is -0.464. The molecule has 1 aliphatic rings. The molecule has 0 aromatic carbocycles. The van der Waals surface area contributed by atoms with Crippen LogP contribution in [0.1, 0.15) is 40.5 Å². The number of nitrogens with one attached hydrogen (secondary N) is 1. The third kappa shape index (κ3) is 2.68. The van der Waals surface area contributed by atoms with E-state index in [1.54, 1.807) is 6.92 Å². The van der Waals surface area contributed by atoms with Gasteiger partial charge in [-0.3, -0.25) is 4.79 Å². The van der Waals surface area contributed by atoms with Gasteiger partial charge in [0.25, 0.3) is 0 Å². The van der Waals surface area contributed by atoms with E-state index in [1.165, 1.54) is 0 Å². The highest BCUT2D eigenvalue weighted by Gasteiger charge is 2.54. The van der Waals surface area contributed by atoms with Crippen molar-refractivity contribution in [1.82, 2.24) is 5.32 Å². The van der Waals surface area contributed by atoms with Crippen molar-refractivity contribution in [3.8, 4) is 0 Å². The molecule has 0 bridgehead atoms. The van der Waals surface area contributed by atoms with Gasteiger partial charge in [-0.1, -0.05) is 19.4 Å². The molecule has 96 valence electrons. The maximum atomic E-state index is 12.1. The van der Waals surface area contributed by atoms with Crippen LogP contribution in [-0.4, -0.2) is 24.0 Å². The summed E-state index contributed by atoms with van der Waals surface area (Å²) < 4.78 is 5.08. The van der Waals surface area contributed by atoms with Gasteiger partial charge in [-0.25, -0.2) is 4.79 Å². The van der Waals surface area contributed by atoms with Crippen molar-refractivity contribution in [1.29, 1.82) is 0 Å². The third-order valence-corrected chi connectivity index (χ3v) is 2.98. The van der Waals surface area contributed by atoms with Gasteiger partial charge in [0.05, 0.1) is 6.61 Å². The zero-order chi connectivity index (χ0) is 13.3. The Kier molecular flexibility index (Phi) is 3.65. The maximum absolute atomic E-state index is 12.1. The molecule has 1 rings (SSSR count). The van der Waals surface area contributed by atoms with Crippen LogP contribution in [0, 0.1) is 5.41 Å². The van der Waals surface area contributed by atoms with Gasteiger partial charge in [-0.05, 0) is 20.3 Å². The molecule has 0 aromatic heterocycles. The first kappa shape index (κ1) is 13.7. The van der Waals surface area contributed by atoms with E-state index in [-0.39, 0.29) is 11.9 Å². The zero-order valence-corrected chi connectivity index (χ0v) is 11.1. The number of rotatable bonds is 4. The van der Waals surface area contributed by atoms with E-state index in [2.05, 4.69) is 11.9 Å². The standard InChI is InChI=1S/C13H21NO3/c1-6-17-11(16)13(7-9(2)3)8-12(4,5)10(15)14-13/h2,6-8H2,1,3-5H3,(H,14,15). The minimum absolute atomic E-state index is 0.105. The fourth-order valence-electron chi connectivity index (χ4n) is 2.35. The largest absolute Gasteiger partial charge is 0.464 e. The van der Waals surface area contributed by atoms with E-state index in [1.807, 2.05) is 20.8 Å². The SMILES string of the molecule is C=C(C)CC1(C(=O)OCC)CC(C)(C)C(=O)N1. The summed E-state index contributed by atoms with van der Waals surface area (Å²) in [6.07, 6.45) is 0.880. The van der Waals surface area contributed by atoms with Crippen molar-refractivity contribution in [2.75, 3.05) is 6.61 Å². The van der Waals surface area contributed by atoms with E-state index in [4.69, 9.17) is 4.74 Å². The fourth-order valence-corrected chi connectivity index (χ4v) is 2.35. The Hall–Kier alpha value is -1.32. The van der Waals surface area contributed by atoms with Gasteiger partial charge in [0, 0.05) is 11.8 Å². The van der Waals surface area contributed by atoms with Crippen LogP contribution in [-0.2, 0) is 14.3 Å². The van der Waals surface area contributed by atoms with Gasteiger partial charge in [0.2, 0.25) is 5.91 Å². The molecule has 1 amide bonds. The van der Waals surface area contributed by atoms with Crippen molar-refractivity contribution in [3.05, 3.63) is 12.2 Å². The highest BCUT2D eigenvalue weighted by molar-refractivity contribution is 5.95. The summed E-state index contributed by atoms with van der Waals surface area (Å²) in [7, 11) is 0. The second-order valence-electron chi connectivity index (χ2n) is 5.45. The van der Waals surface area contributed by atoms with E-state index in [9.17, 15) is 9.59 Å². The van der Waals surface area contributed by atoms with E-state index in [0.717, 1.165) is 5.57 Å². The molecule has 1 heterocycles. The normalized spacial score (nSPS) is 26.5. The summed E-state index contributed by atoms with van der Waals surface area (Å²) in [5.41, 5.74) is -0.610. The summed E-state index contributed by atoms with van der Waals surface area (Å²) in [4.78, 5) is 23.9. The molecule has 0 saturated carbocycles. The summed E-state index contributed by atoms with van der Waals surface area (Å²) in [6.45, 7) is 11.4. The van der Waals surface area contributed by atoms with Crippen LogP contribution < -0.4 is 5.32 Å². The predicted octanol–water partition coefficient (Wildman–Crippen LogP) is 1.80. The van der Waals surface area contributed by atoms with E-state index < -0.39 is 11.0 Å². The van der Waals surface area contributed by atoms with Crippen LogP contribution in [0.15, 0.2) is 12.2 Å². The first-order valence-corrected chi connectivity index (χ1v) is 5.88. The van der Waals surface area contributed by atoms with Crippen molar-refractivity contribution in [3.63, 3.8) is 0 Å². The van der Waals surface area contributed by atoms with Crippen molar-refractivity contribution >= 4 is 11.9 Å². The van der Waals surface area contributed by atoms with E-state index in [0.29, 0.717) is 19.4 Å². The maximum Gasteiger partial charge on any atom is 0.332 e. The van der Waals surface area contributed by atoms with Gasteiger partial charge in [0.1, 0.15) is 5.54 Å². The molecule has 1 atom stereocenters. The van der Waals surface area contributed by atoms with Crippen molar-refractivity contribution in [2.45, 2.75) is 46.1 Å². The summed E-state index contributed by atoms with van der Waals surface area (Å²) in [5, 5.41) is 2.80. The summed E-state index contributed by atoms with van der Waals surface area (Å²) in [6, 6.07) is 0. The smallest absolute Gasteiger partial charge is 0.332 e. The quantitative estimate of drug-likeness (QED) is 0.601. The topological polar surface area (TPSA) is 55.4 Å². The lowest BCUT2D eigenvalue weighted by Crippen LogP contribution is -2.50. The van der Waals surface area contributed by atoms with Crippen LogP contribution in [0.25, 0.3) is 0 Å².